The van der Waals surface area contributed by atoms with Crippen LogP contribution in [0.25, 0.3) is 11.4 Å². The zero-order valence-corrected chi connectivity index (χ0v) is 15.4. The summed E-state index contributed by atoms with van der Waals surface area (Å²) in [5, 5.41) is 9.17. The second-order valence-electron chi connectivity index (χ2n) is 5.37. The molecule has 0 aliphatic rings. The molecule has 0 atom stereocenters. The molecule has 4 nitrogen and oxygen atoms in total. The first-order valence-electron chi connectivity index (χ1n) is 7.20. The van der Waals surface area contributed by atoms with Crippen LogP contribution >= 0.6 is 27.7 Å². The number of aromatic nitrogens is 3. The number of hydrogen-bond acceptors (Lipinski definition) is 4. The molecular formula is C17H17BrN4S. The zero-order chi connectivity index (χ0) is 16.4. The van der Waals surface area contributed by atoms with Crippen LogP contribution in [0.2, 0.25) is 0 Å². The van der Waals surface area contributed by atoms with Gasteiger partial charge in [0.2, 0.25) is 5.16 Å². The summed E-state index contributed by atoms with van der Waals surface area (Å²) in [7, 11) is 0. The molecule has 1 heterocycles. The highest BCUT2D eigenvalue weighted by Crippen LogP contribution is 2.29. The molecule has 2 N–H and O–H groups in total. The average molecular weight is 389 g/mol. The van der Waals surface area contributed by atoms with Gasteiger partial charge in [0.05, 0.1) is 0 Å². The predicted octanol–water partition coefficient (Wildman–Crippen LogP) is 4.33. The topological polar surface area (TPSA) is 56.7 Å². The summed E-state index contributed by atoms with van der Waals surface area (Å²) in [5.74, 6) is 7.66. The van der Waals surface area contributed by atoms with Crippen molar-refractivity contribution >= 4 is 27.7 Å². The lowest BCUT2D eigenvalue weighted by atomic mass is 10.1. The number of hydrogen-bond donors (Lipinski definition) is 1. The van der Waals surface area contributed by atoms with E-state index in [2.05, 4.69) is 58.2 Å². The predicted molar refractivity (Wildman–Crippen MR) is 98.8 cm³/mol. The molecule has 0 aliphatic heterocycles. The Morgan fingerprint density at radius 3 is 2.70 bits per heavy atom. The number of nitrogens with two attached hydrogens (primary N) is 1. The highest BCUT2D eigenvalue weighted by Gasteiger charge is 2.14. The SMILES string of the molecule is Cc1ccc(C)c(CSc2nnc(-c3ccccc3Br)n2N)c1. The van der Waals surface area contributed by atoms with Gasteiger partial charge >= 0.3 is 0 Å². The summed E-state index contributed by atoms with van der Waals surface area (Å²) in [6.07, 6.45) is 0. The third-order valence-electron chi connectivity index (χ3n) is 3.64. The van der Waals surface area contributed by atoms with E-state index < -0.39 is 0 Å². The van der Waals surface area contributed by atoms with Crippen molar-refractivity contribution in [3.8, 4) is 11.4 Å². The van der Waals surface area contributed by atoms with E-state index in [-0.39, 0.29) is 0 Å². The van der Waals surface area contributed by atoms with Gasteiger partial charge in [-0.25, -0.2) is 4.68 Å². The Morgan fingerprint density at radius 1 is 1.13 bits per heavy atom. The van der Waals surface area contributed by atoms with Gasteiger partial charge in [-0.05, 0) is 37.1 Å². The number of halogens is 1. The highest BCUT2D eigenvalue weighted by molar-refractivity contribution is 9.10. The van der Waals surface area contributed by atoms with Gasteiger partial charge in [0.15, 0.2) is 5.82 Å². The molecule has 0 bridgehead atoms. The van der Waals surface area contributed by atoms with E-state index in [0.717, 1.165) is 15.8 Å². The normalized spacial score (nSPS) is 10.9. The van der Waals surface area contributed by atoms with Crippen LogP contribution < -0.4 is 5.84 Å². The number of nitrogen functional groups attached to an aromatic ring is 1. The highest BCUT2D eigenvalue weighted by atomic mass is 79.9. The summed E-state index contributed by atoms with van der Waals surface area (Å²) in [4.78, 5) is 0. The third kappa shape index (κ3) is 3.43. The summed E-state index contributed by atoms with van der Waals surface area (Å²) in [6.45, 7) is 4.22. The Labute approximate surface area is 148 Å². The standard InChI is InChI=1S/C17H17BrN4S/c1-11-7-8-12(2)13(9-11)10-23-17-21-20-16(22(17)19)14-5-3-4-6-15(14)18/h3-9H,10,19H2,1-2H3. The number of benzene rings is 2. The molecule has 0 spiro atoms. The van der Waals surface area contributed by atoms with E-state index >= 15 is 0 Å². The van der Waals surface area contributed by atoms with Gasteiger partial charge in [-0.1, -0.05) is 63.6 Å². The monoisotopic (exact) mass is 388 g/mol. The van der Waals surface area contributed by atoms with Crippen molar-refractivity contribution in [3.05, 3.63) is 63.6 Å². The molecule has 23 heavy (non-hydrogen) atoms. The Bertz CT molecular complexity index is 844. The van der Waals surface area contributed by atoms with Crippen molar-refractivity contribution in [2.75, 3.05) is 5.84 Å². The van der Waals surface area contributed by atoms with Crippen molar-refractivity contribution in [3.63, 3.8) is 0 Å². The minimum atomic E-state index is 0.654. The fourth-order valence-electron chi connectivity index (χ4n) is 2.30. The molecule has 0 fully saturated rings. The minimum Gasteiger partial charge on any atom is -0.335 e. The van der Waals surface area contributed by atoms with E-state index in [9.17, 15) is 0 Å². The van der Waals surface area contributed by atoms with Gasteiger partial charge in [0.25, 0.3) is 0 Å². The van der Waals surface area contributed by atoms with E-state index in [1.165, 1.54) is 16.7 Å². The van der Waals surface area contributed by atoms with Crippen LogP contribution in [-0.2, 0) is 5.75 Å². The van der Waals surface area contributed by atoms with E-state index in [0.29, 0.717) is 11.0 Å². The minimum absolute atomic E-state index is 0.654. The van der Waals surface area contributed by atoms with Gasteiger partial charge in [-0.3, -0.25) is 0 Å². The molecule has 0 unspecified atom stereocenters. The molecule has 0 saturated carbocycles. The van der Waals surface area contributed by atoms with Crippen LogP contribution in [0.15, 0.2) is 52.1 Å². The molecule has 3 aromatic rings. The number of aryl methyl sites for hydroxylation is 2. The summed E-state index contributed by atoms with van der Waals surface area (Å²) >= 11 is 5.12. The summed E-state index contributed by atoms with van der Waals surface area (Å²) in [5.41, 5.74) is 4.76. The van der Waals surface area contributed by atoms with Crippen LogP contribution in [0, 0.1) is 13.8 Å². The molecule has 0 amide bonds. The Hall–Kier alpha value is -1.79. The van der Waals surface area contributed by atoms with E-state index in [4.69, 9.17) is 5.84 Å². The molecule has 3 rings (SSSR count). The number of thioether (sulfide) groups is 1. The largest absolute Gasteiger partial charge is 0.335 e. The third-order valence-corrected chi connectivity index (χ3v) is 5.32. The van der Waals surface area contributed by atoms with Gasteiger partial charge < -0.3 is 5.84 Å². The van der Waals surface area contributed by atoms with Crippen LogP contribution in [0.1, 0.15) is 16.7 Å². The fourth-order valence-corrected chi connectivity index (χ4v) is 3.68. The van der Waals surface area contributed by atoms with Crippen molar-refractivity contribution < 1.29 is 0 Å². The Morgan fingerprint density at radius 2 is 1.91 bits per heavy atom. The molecule has 118 valence electrons. The van der Waals surface area contributed by atoms with Gasteiger partial charge in [0, 0.05) is 15.8 Å². The van der Waals surface area contributed by atoms with E-state index in [1.54, 1.807) is 16.4 Å². The maximum absolute atomic E-state index is 6.19. The number of rotatable bonds is 4. The first kappa shape index (κ1) is 16.1. The summed E-state index contributed by atoms with van der Waals surface area (Å²) < 4.78 is 2.50. The molecule has 0 radical (unpaired) electrons. The van der Waals surface area contributed by atoms with E-state index in [1.807, 2.05) is 24.3 Å². The van der Waals surface area contributed by atoms with Gasteiger partial charge in [-0.15, -0.1) is 10.2 Å². The fraction of sp³-hybridized carbons (Fsp3) is 0.176. The van der Waals surface area contributed by atoms with Gasteiger partial charge in [0.1, 0.15) is 0 Å². The van der Waals surface area contributed by atoms with Crippen LogP contribution in [-0.4, -0.2) is 14.9 Å². The average Bonchev–Trinajstić information content (AvgIpc) is 2.90. The molecule has 6 heteroatoms. The molecule has 0 aliphatic carbocycles. The maximum Gasteiger partial charge on any atom is 0.210 e. The molecular weight excluding hydrogens is 372 g/mol. The van der Waals surface area contributed by atoms with Crippen molar-refractivity contribution in [2.24, 2.45) is 0 Å². The van der Waals surface area contributed by atoms with Crippen LogP contribution in [0.4, 0.5) is 0 Å². The second-order valence-corrected chi connectivity index (χ2v) is 7.17. The Balaban J connectivity index is 1.83. The van der Waals surface area contributed by atoms with Crippen molar-refractivity contribution in [1.29, 1.82) is 0 Å². The lowest BCUT2D eigenvalue weighted by Crippen LogP contribution is -2.11. The van der Waals surface area contributed by atoms with Crippen molar-refractivity contribution in [1.82, 2.24) is 14.9 Å². The quantitative estimate of drug-likeness (QED) is 0.533. The molecule has 2 aromatic carbocycles. The molecule has 0 saturated heterocycles. The van der Waals surface area contributed by atoms with Gasteiger partial charge in [-0.2, -0.15) is 0 Å². The smallest absolute Gasteiger partial charge is 0.210 e. The lowest BCUT2D eigenvalue weighted by Gasteiger charge is -2.07. The zero-order valence-electron chi connectivity index (χ0n) is 13.0. The van der Waals surface area contributed by atoms with Crippen LogP contribution in [0.5, 0.6) is 0 Å². The molecule has 1 aromatic heterocycles. The summed E-state index contributed by atoms with van der Waals surface area (Å²) in [6, 6.07) is 14.3. The number of nitrogens with zero attached hydrogens (tertiary/aromatic N) is 3. The first-order valence-corrected chi connectivity index (χ1v) is 8.98. The Kier molecular flexibility index (Phi) is 4.73. The lowest BCUT2D eigenvalue weighted by molar-refractivity contribution is 0.849. The first-order chi connectivity index (χ1) is 11.1. The van der Waals surface area contributed by atoms with Crippen LogP contribution in [0.3, 0.4) is 0 Å². The maximum atomic E-state index is 6.19. The second kappa shape index (κ2) is 6.76. The van der Waals surface area contributed by atoms with Crippen molar-refractivity contribution in [2.45, 2.75) is 24.8 Å².